The van der Waals surface area contributed by atoms with E-state index in [0.717, 1.165) is 31.5 Å². The number of likely N-dealkylation sites (tertiary alicyclic amines) is 1. The quantitative estimate of drug-likeness (QED) is 0.277. The number of allylic oxidation sites excluding steroid dienone is 1. The van der Waals surface area contributed by atoms with Crippen LogP contribution >= 0.6 is 0 Å². The van der Waals surface area contributed by atoms with E-state index in [1.54, 1.807) is 24.8 Å². The molecule has 3 aliphatic rings. The molecule has 1 aromatic heterocycles. The summed E-state index contributed by atoms with van der Waals surface area (Å²) in [5.41, 5.74) is 8.71. The number of nitrogens with one attached hydrogen (secondary N) is 1. The molecule has 8 heteroatoms. The molecule has 0 bridgehead atoms. The summed E-state index contributed by atoms with van der Waals surface area (Å²) < 4.78 is 5.01. The minimum absolute atomic E-state index is 0.121. The molecule has 0 unspecified atom stereocenters. The average Bonchev–Trinajstić information content (AvgIpc) is 2.99. The first-order chi connectivity index (χ1) is 22.6. The number of carbonyl (C=O) groups is 2. The highest BCUT2D eigenvalue weighted by atomic mass is 16.5. The summed E-state index contributed by atoms with van der Waals surface area (Å²) in [6.07, 6.45) is 6.07. The van der Waals surface area contributed by atoms with Crippen LogP contribution in [0.4, 0.5) is 0 Å². The smallest absolute Gasteiger partial charge is 0.270 e. The lowest BCUT2D eigenvalue weighted by Crippen LogP contribution is -2.58. The molecule has 2 amide bonds. The first kappa shape index (κ1) is 34.5. The van der Waals surface area contributed by atoms with Gasteiger partial charge >= 0.3 is 0 Å². The number of amides is 2. The van der Waals surface area contributed by atoms with Crippen LogP contribution in [0.1, 0.15) is 91.1 Å². The molecule has 250 valence electrons. The normalized spacial score (nSPS) is 17.4. The largest absolute Gasteiger partial charge is 0.380 e. The Bertz CT molecular complexity index is 1540. The first-order valence-corrected chi connectivity index (χ1v) is 17.2. The third kappa shape index (κ3) is 8.35. The Morgan fingerprint density at radius 3 is 2.06 bits per heavy atom. The van der Waals surface area contributed by atoms with Gasteiger partial charge in [-0.05, 0) is 81.8 Å². The van der Waals surface area contributed by atoms with Gasteiger partial charge in [0.1, 0.15) is 11.5 Å². The number of hydrogen-bond donors (Lipinski definition) is 1. The van der Waals surface area contributed by atoms with E-state index in [0.29, 0.717) is 30.1 Å². The van der Waals surface area contributed by atoms with E-state index in [4.69, 9.17) is 4.74 Å². The molecule has 8 nitrogen and oxygen atoms in total. The summed E-state index contributed by atoms with van der Waals surface area (Å²) in [6.45, 7) is 15.6. The summed E-state index contributed by atoms with van der Waals surface area (Å²) in [4.78, 5) is 37.0. The number of ether oxygens (including phenoxy) is 1. The molecule has 3 heterocycles. The van der Waals surface area contributed by atoms with Crippen molar-refractivity contribution in [2.45, 2.75) is 66.3 Å². The van der Waals surface area contributed by atoms with Crippen LogP contribution in [0.2, 0.25) is 0 Å². The van der Waals surface area contributed by atoms with Gasteiger partial charge in [-0.3, -0.25) is 9.59 Å². The molecule has 1 atom stereocenters. The van der Waals surface area contributed by atoms with E-state index >= 15 is 0 Å². The highest BCUT2D eigenvalue weighted by molar-refractivity contribution is 5.92. The molecule has 47 heavy (non-hydrogen) atoms. The lowest BCUT2D eigenvalue weighted by Gasteiger charge is -2.56. The number of aryl methyl sites for hydroxylation is 2. The Kier molecular flexibility index (Phi) is 11.3. The van der Waals surface area contributed by atoms with Crippen LogP contribution in [0.5, 0.6) is 0 Å². The van der Waals surface area contributed by atoms with Gasteiger partial charge in [-0.1, -0.05) is 73.5 Å². The molecule has 0 radical (unpaired) electrons. The molecule has 2 aliphatic heterocycles. The average molecular weight is 638 g/mol. The predicted molar refractivity (Wildman–Crippen MR) is 187 cm³/mol. The van der Waals surface area contributed by atoms with Crippen LogP contribution in [0, 0.1) is 25.2 Å². The number of nitrogens with zero attached hydrogens (tertiary/aromatic N) is 4. The molecule has 1 N–H and O–H groups in total. The van der Waals surface area contributed by atoms with Crippen molar-refractivity contribution in [3.8, 4) is 0 Å². The van der Waals surface area contributed by atoms with Crippen molar-refractivity contribution in [1.29, 1.82) is 0 Å². The molecular weight excluding hydrogens is 586 g/mol. The lowest BCUT2D eigenvalue weighted by atomic mass is 9.59. The number of aromatic nitrogens is 2. The van der Waals surface area contributed by atoms with Crippen LogP contribution in [-0.2, 0) is 9.53 Å². The molecule has 2 aromatic carbocycles. The molecule has 1 saturated carbocycles. The molecule has 1 spiro atoms. The van der Waals surface area contributed by atoms with Crippen molar-refractivity contribution < 1.29 is 14.3 Å². The zero-order valence-corrected chi connectivity index (χ0v) is 29.0. The minimum atomic E-state index is -0.185. The highest BCUT2D eigenvalue weighted by Crippen LogP contribution is 2.54. The van der Waals surface area contributed by atoms with Gasteiger partial charge in [-0.25, -0.2) is 9.97 Å². The van der Waals surface area contributed by atoms with Gasteiger partial charge in [0.05, 0.1) is 25.2 Å². The Labute approximate surface area is 280 Å². The van der Waals surface area contributed by atoms with Crippen molar-refractivity contribution in [3.63, 3.8) is 0 Å². The van der Waals surface area contributed by atoms with Crippen molar-refractivity contribution in [1.82, 2.24) is 25.1 Å². The van der Waals surface area contributed by atoms with Crippen LogP contribution in [0.25, 0.3) is 5.57 Å². The van der Waals surface area contributed by atoms with Gasteiger partial charge in [-0.15, -0.1) is 0 Å². The second-order valence-electron chi connectivity index (χ2n) is 13.7. The maximum absolute atomic E-state index is 12.6. The van der Waals surface area contributed by atoms with Crippen LogP contribution in [0.3, 0.4) is 0 Å². The predicted octanol–water partition coefficient (Wildman–Crippen LogP) is 6.39. The second kappa shape index (κ2) is 15.3. The fraction of sp³-hybridized carbons (Fsp3) is 0.487. The van der Waals surface area contributed by atoms with E-state index < -0.39 is 0 Å². The van der Waals surface area contributed by atoms with Gasteiger partial charge in [-0.2, -0.15) is 0 Å². The summed E-state index contributed by atoms with van der Waals surface area (Å²) in [5.74, 6) is 0.843. The van der Waals surface area contributed by atoms with Gasteiger partial charge in [0.2, 0.25) is 5.91 Å². The SMILES string of the molecule is CCCN(CCC)C(=O)C1COC1.Cc1ccc(C(=C2CC3(C2)CN(C)C3)c2ccc([C@@H](C)NC(=O)c3ccnc(C)n3)cc2)cc1. The van der Waals surface area contributed by atoms with E-state index in [-0.39, 0.29) is 23.8 Å². The monoisotopic (exact) mass is 637 g/mol. The minimum Gasteiger partial charge on any atom is -0.380 e. The number of rotatable bonds is 10. The standard InChI is InChI=1S/C29H32N4O.C10H19NO2/c1-19-5-7-23(8-6-19)27(25-15-29(16-25)17-33(4)18-29)24-11-9-22(10-12-24)20(2)31-28(34)26-13-14-30-21(3)32-26;1-3-5-11(6-4-2)10(12)9-7-13-8-9/h5-14,20H,15-18H2,1-4H3,(H,31,34);9H,3-8H2,1-2H3/t20-;/m1./s1. The van der Waals surface area contributed by atoms with Crippen LogP contribution < -0.4 is 5.32 Å². The third-order valence-corrected chi connectivity index (χ3v) is 9.42. The van der Waals surface area contributed by atoms with Crippen molar-refractivity contribution in [3.05, 3.63) is 100 Å². The first-order valence-electron chi connectivity index (χ1n) is 17.2. The summed E-state index contributed by atoms with van der Waals surface area (Å²) >= 11 is 0. The van der Waals surface area contributed by atoms with E-state index in [2.05, 4.69) is 96.5 Å². The summed E-state index contributed by atoms with van der Waals surface area (Å²) in [6, 6.07) is 19.1. The molecular formula is C39H51N5O3. The van der Waals surface area contributed by atoms with Gasteiger partial charge in [0.15, 0.2) is 0 Å². The fourth-order valence-electron chi connectivity index (χ4n) is 7.03. The Morgan fingerprint density at radius 1 is 0.957 bits per heavy atom. The van der Waals surface area contributed by atoms with Crippen molar-refractivity contribution in [2.24, 2.45) is 11.3 Å². The number of carbonyl (C=O) groups excluding carboxylic acids is 2. The molecule has 1 aliphatic carbocycles. The maximum Gasteiger partial charge on any atom is 0.270 e. The summed E-state index contributed by atoms with van der Waals surface area (Å²) in [5, 5.41) is 3.06. The Hall–Kier alpha value is -3.88. The second-order valence-corrected chi connectivity index (χ2v) is 13.7. The number of benzene rings is 2. The number of hydrogen-bond acceptors (Lipinski definition) is 6. The van der Waals surface area contributed by atoms with Gasteiger partial charge < -0.3 is 19.9 Å². The fourth-order valence-corrected chi connectivity index (χ4v) is 7.03. The maximum atomic E-state index is 12.6. The zero-order chi connectivity index (χ0) is 33.6. The molecule has 2 saturated heterocycles. The zero-order valence-electron chi connectivity index (χ0n) is 29.0. The summed E-state index contributed by atoms with van der Waals surface area (Å²) in [7, 11) is 2.21. The van der Waals surface area contributed by atoms with Crippen molar-refractivity contribution in [2.75, 3.05) is 46.4 Å². The van der Waals surface area contributed by atoms with Gasteiger partial charge in [0.25, 0.3) is 5.91 Å². The van der Waals surface area contributed by atoms with E-state index in [1.165, 1.54) is 48.2 Å². The Balaban J connectivity index is 0.000000281. The molecule has 3 fully saturated rings. The molecule has 6 rings (SSSR count). The third-order valence-electron chi connectivity index (χ3n) is 9.42. The van der Waals surface area contributed by atoms with Crippen LogP contribution in [-0.4, -0.2) is 78.0 Å². The van der Waals surface area contributed by atoms with Gasteiger partial charge in [0, 0.05) is 37.8 Å². The molecule has 3 aromatic rings. The lowest BCUT2D eigenvalue weighted by molar-refractivity contribution is -0.149. The Morgan fingerprint density at radius 2 is 1.55 bits per heavy atom. The van der Waals surface area contributed by atoms with E-state index in [1.807, 2.05) is 11.8 Å². The van der Waals surface area contributed by atoms with Crippen LogP contribution in [0.15, 0.2) is 66.4 Å². The highest BCUT2D eigenvalue weighted by Gasteiger charge is 2.49. The topological polar surface area (TPSA) is 87.7 Å². The van der Waals surface area contributed by atoms with Crippen molar-refractivity contribution >= 4 is 17.4 Å². The van der Waals surface area contributed by atoms with E-state index in [9.17, 15) is 9.59 Å².